The monoisotopic (exact) mass is 557 g/mol. The summed E-state index contributed by atoms with van der Waals surface area (Å²) in [6.07, 6.45) is -3.40. The highest BCUT2D eigenvalue weighted by Gasteiger charge is 2.44. The Labute approximate surface area is 215 Å². The van der Waals surface area contributed by atoms with Gasteiger partial charge in [0, 0.05) is 23.0 Å². The van der Waals surface area contributed by atoms with Gasteiger partial charge in [-0.05, 0) is 36.2 Å². The molecule has 0 saturated carbocycles. The van der Waals surface area contributed by atoms with Gasteiger partial charge in [0.2, 0.25) is 0 Å². The van der Waals surface area contributed by atoms with Gasteiger partial charge in [0.05, 0.1) is 16.8 Å². The fourth-order valence-corrected chi connectivity index (χ4v) is 4.15. The molecule has 0 radical (unpaired) electrons. The van der Waals surface area contributed by atoms with Crippen molar-refractivity contribution in [3.05, 3.63) is 98.3 Å². The molecule has 1 atom stereocenters. The lowest BCUT2D eigenvalue weighted by Gasteiger charge is -2.27. The number of carbonyl (C=O) groups is 1. The number of aromatic amines is 1. The Balaban J connectivity index is 1.85. The van der Waals surface area contributed by atoms with Crippen molar-refractivity contribution in [3.8, 4) is 11.3 Å². The highest BCUT2D eigenvalue weighted by atomic mass is 35.5. The molecule has 0 aliphatic rings. The molecule has 200 valence electrons. The third kappa shape index (κ3) is 5.14. The lowest BCUT2D eigenvalue weighted by atomic mass is 10.00. The maximum atomic E-state index is 14.5. The van der Waals surface area contributed by atoms with Crippen LogP contribution in [0.15, 0.2) is 59.7 Å². The number of aryl methyl sites for hydroxylation is 1. The Hall–Kier alpha value is -3.77. The van der Waals surface area contributed by atoms with Crippen LogP contribution in [0.25, 0.3) is 16.8 Å². The molecule has 0 saturated heterocycles. The fraction of sp³-hybridized carbons (Fsp3) is 0.200. The second kappa shape index (κ2) is 9.84. The molecule has 13 heteroatoms. The number of alkyl halides is 5. The maximum Gasteiger partial charge on any atom is 0.419 e. The molecule has 38 heavy (non-hydrogen) atoms. The van der Waals surface area contributed by atoms with E-state index in [1.165, 1.54) is 6.07 Å². The molecule has 0 aliphatic carbocycles. The molecule has 2 heterocycles. The third-order valence-corrected chi connectivity index (χ3v) is 6.29. The quantitative estimate of drug-likeness (QED) is 0.273. The number of nitrogens with zero attached hydrogens (tertiary/aromatic N) is 1. The first kappa shape index (κ1) is 27.3. The third-order valence-electron chi connectivity index (χ3n) is 5.89. The van der Waals surface area contributed by atoms with Gasteiger partial charge in [0.15, 0.2) is 0 Å². The summed E-state index contributed by atoms with van der Waals surface area (Å²) in [5, 5.41) is 11.3. The summed E-state index contributed by atoms with van der Waals surface area (Å²) in [4.78, 5) is 28.1. The number of aliphatic hydroxyl groups excluding tert-OH is 1. The van der Waals surface area contributed by atoms with Gasteiger partial charge in [-0.2, -0.15) is 13.2 Å². The summed E-state index contributed by atoms with van der Waals surface area (Å²) in [6.45, 7) is -0.0364. The Morgan fingerprint density at radius 2 is 1.76 bits per heavy atom. The first-order valence-electron chi connectivity index (χ1n) is 10.9. The van der Waals surface area contributed by atoms with Crippen LogP contribution in [0, 0.1) is 12.7 Å². The Morgan fingerprint density at radius 3 is 2.34 bits per heavy atom. The van der Waals surface area contributed by atoms with Crippen LogP contribution in [0.1, 0.15) is 33.1 Å². The van der Waals surface area contributed by atoms with Crippen LogP contribution in [0.2, 0.25) is 5.02 Å². The molecule has 0 aliphatic heterocycles. The van der Waals surface area contributed by atoms with Crippen LogP contribution < -0.4 is 10.9 Å². The molecule has 4 rings (SSSR count). The van der Waals surface area contributed by atoms with Crippen molar-refractivity contribution in [1.29, 1.82) is 0 Å². The van der Waals surface area contributed by atoms with Crippen molar-refractivity contribution in [2.45, 2.75) is 25.1 Å². The number of nitrogens with one attached hydrogen (secondary N) is 2. The number of aliphatic hydroxyl groups is 1. The van der Waals surface area contributed by atoms with Crippen LogP contribution in [-0.2, 0) is 6.18 Å². The number of carbonyl (C=O) groups excluding carboxylic acids is 1. The van der Waals surface area contributed by atoms with Gasteiger partial charge in [0.1, 0.15) is 24.0 Å². The van der Waals surface area contributed by atoms with Crippen molar-refractivity contribution >= 4 is 23.0 Å². The Bertz CT molecular complexity index is 1580. The minimum Gasteiger partial charge on any atom is -0.390 e. The summed E-state index contributed by atoms with van der Waals surface area (Å²) in [7, 11) is 0. The molecule has 2 aromatic carbocycles. The second-order valence-corrected chi connectivity index (χ2v) is 8.92. The van der Waals surface area contributed by atoms with Crippen LogP contribution >= 0.6 is 11.6 Å². The zero-order chi connectivity index (χ0) is 28.0. The van der Waals surface area contributed by atoms with Crippen LogP contribution in [-0.4, -0.2) is 32.9 Å². The van der Waals surface area contributed by atoms with E-state index in [0.717, 1.165) is 34.9 Å². The zero-order valence-electron chi connectivity index (χ0n) is 19.3. The first-order valence-corrected chi connectivity index (χ1v) is 11.3. The molecule has 0 spiro atoms. The number of H-pyrrole nitrogens is 1. The molecule has 1 amide bonds. The Morgan fingerprint density at radius 1 is 1.11 bits per heavy atom. The highest BCUT2D eigenvalue weighted by Crippen LogP contribution is 2.37. The zero-order valence-corrected chi connectivity index (χ0v) is 20.1. The van der Waals surface area contributed by atoms with E-state index in [1.54, 1.807) is 24.4 Å². The number of aromatic nitrogens is 2. The number of benzene rings is 2. The van der Waals surface area contributed by atoms with Crippen molar-refractivity contribution in [2.75, 3.05) is 6.61 Å². The van der Waals surface area contributed by atoms with Gasteiger partial charge in [-0.1, -0.05) is 35.9 Å². The molecule has 6 nitrogen and oxygen atoms in total. The van der Waals surface area contributed by atoms with Crippen LogP contribution in [0.4, 0.5) is 26.3 Å². The number of fused-ring (bicyclic) bond motifs is 1. The summed E-state index contributed by atoms with van der Waals surface area (Å²) < 4.78 is 85.4. The minimum absolute atomic E-state index is 0.0797. The van der Waals surface area contributed by atoms with Crippen molar-refractivity contribution < 1.29 is 36.2 Å². The average molecular weight is 558 g/mol. The van der Waals surface area contributed by atoms with E-state index < -0.39 is 58.7 Å². The first-order chi connectivity index (χ1) is 17.7. The van der Waals surface area contributed by atoms with E-state index in [1.807, 2.05) is 0 Å². The van der Waals surface area contributed by atoms with Gasteiger partial charge < -0.3 is 19.8 Å². The maximum absolute atomic E-state index is 14.5. The molecule has 3 N–H and O–H groups in total. The Kier molecular flexibility index (Phi) is 7.06. The van der Waals surface area contributed by atoms with Gasteiger partial charge in [-0.25, -0.2) is 13.2 Å². The van der Waals surface area contributed by atoms with E-state index in [2.05, 4.69) is 4.98 Å². The number of rotatable bonds is 6. The van der Waals surface area contributed by atoms with Gasteiger partial charge in [-0.3, -0.25) is 9.59 Å². The van der Waals surface area contributed by atoms with E-state index in [9.17, 15) is 35.9 Å². The highest BCUT2D eigenvalue weighted by molar-refractivity contribution is 6.31. The normalized spacial score (nSPS) is 13.1. The van der Waals surface area contributed by atoms with Crippen molar-refractivity contribution in [2.24, 2.45) is 0 Å². The standard InChI is InChI=1S/C25H18ClF6N3O3/c1-12-2-3-14(8-17(12)26)18-10-35-9-16(19(25(30,31)32)20(35)23(38)33-18)22(37)34-21(24(28,29)11-36)13-4-6-15(27)7-5-13/h2-10,21,36H,11H2,1H3,(H,33,38)(H,34,37)/t21-/m0/s1. The molecule has 0 unspecified atom stereocenters. The number of amides is 1. The lowest BCUT2D eigenvalue weighted by molar-refractivity contribution is -0.136. The molecule has 0 bridgehead atoms. The van der Waals surface area contributed by atoms with Gasteiger partial charge in [-0.15, -0.1) is 0 Å². The topological polar surface area (TPSA) is 86.6 Å². The molecule has 0 fully saturated rings. The molecule has 2 aromatic heterocycles. The number of hydrogen-bond donors (Lipinski definition) is 3. The van der Waals surface area contributed by atoms with Gasteiger partial charge in [0.25, 0.3) is 17.4 Å². The summed E-state index contributed by atoms with van der Waals surface area (Å²) >= 11 is 6.11. The molecular formula is C25H18ClF6N3O3. The summed E-state index contributed by atoms with van der Waals surface area (Å²) in [5.41, 5.74) is -4.08. The van der Waals surface area contributed by atoms with E-state index in [0.29, 0.717) is 22.3 Å². The molecule has 4 aromatic rings. The van der Waals surface area contributed by atoms with Gasteiger partial charge >= 0.3 is 6.18 Å². The van der Waals surface area contributed by atoms with Crippen LogP contribution in [0.3, 0.4) is 0 Å². The largest absolute Gasteiger partial charge is 0.419 e. The second-order valence-electron chi connectivity index (χ2n) is 8.51. The van der Waals surface area contributed by atoms with Crippen molar-refractivity contribution in [1.82, 2.24) is 14.7 Å². The fourth-order valence-electron chi connectivity index (χ4n) is 3.96. The predicted octanol–water partition coefficient (Wildman–Crippen LogP) is 5.51. The summed E-state index contributed by atoms with van der Waals surface area (Å²) in [6, 6.07) is 5.80. The van der Waals surface area contributed by atoms with E-state index in [-0.39, 0.29) is 11.3 Å². The average Bonchev–Trinajstić information content (AvgIpc) is 3.26. The number of hydrogen-bond acceptors (Lipinski definition) is 3. The van der Waals surface area contributed by atoms with E-state index >= 15 is 0 Å². The number of halogens is 7. The molecular weight excluding hydrogens is 540 g/mol. The minimum atomic E-state index is -5.23. The van der Waals surface area contributed by atoms with Crippen molar-refractivity contribution in [3.63, 3.8) is 0 Å². The summed E-state index contributed by atoms with van der Waals surface area (Å²) in [5.74, 6) is -6.41. The lowest BCUT2D eigenvalue weighted by Crippen LogP contribution is -2.43. The van der Waals surface area contributed by atoms with Crippen LogP contribution in [0.5, 0.6) is 0 Å². The SMILES string of the molecule is Cc1ccc(-c2cn3cc(C(=O)N[C@@H](c4ccc(F)cc4)C(F)(F)CO)c(C(F)(F)F)c3c(=O)[nH]2)cc1Cl. The predicted molar refractivity (Wildman–Crippen MR) is 127 cm³/mol. The van der Waals surface area contributed by atoms with E-state index in [4.69, 9.17) is 16.7 Å². The smallest absolute Gasteiger partial charge is 0.390 e.